The van der Waals surface area contributed by atoms with Gasteiger partial charge in [0.2, 0.25) is 5.95 Å². The van der Waals surface area contributed by atoms with Crippen LogP contribution >= 0.6 is 0 Å². The van der Waals surface area contributed by atoms with E-state index in [0.717, 1.165) is 25.6 Å². The molecule has 1 aliphatic carbocycles. The number of aryl methyl sites for hydroxylation is 1. The maximum absolute atomic E-state index is 13.5. The first-order chi connectivity index (χ1) is 17.0. The van der Waals surface area contributed by atoms with Crippen LogP contribution in [0.5, 0.6) is 0 Å². The third-order valence-electron chi connectivity index (χ3n) is 7.10. The van der Waals surface area contributed by atoms with Gasteiger partial charge in [-0.2, -0.15) is 18.3 Å². The van der Waals surface area contributed by atoms with E-state index >= 15 is 0 Å². The molecule has 8 nitrogen and oxygen atoms in total. The van der Waals surface area contributed by atoms with E-state index in [1.165, 1.54) is 29.2 Å². The summed E-state index contributed by atoms with van der Waals surface area (Å²) in [7, 11) is 0.168. The van der Waals surface area contributed by atoms with Crippen LogP contribution in [0, 0.1) is 5.41 Å². The number of nitrogens with zero attached hydrogens (tertiary/aromatic N) is 5. The zero-order chi connectivity index (χ0) is 25.7. The van der Waals surface area contributed by atoms with E-state index in [1.807, 2.05) is 7.05 Å². The third kappa shape index (κ3) is 4.61. The zero-order valence-corrected chi connectivity index (χ0v) is 20.6. The number of hydrogen-bond acceptors (Lipinski definition) is 6. The summed E-state index contributed by atoms with van der Waals surface area (Å²) in [6, 6.07) is 6.15. The molecular formula is C24H26F3N6O2S+. The van der Waals surface area contributed by atoms with Crippen molar-refractivity contribution in [3.05, 3.63) is 48.4 Å². The van der Waals surface area contributed by atoms with Crippen molar-refractivity contribution < 1.29 is 26.2 Å². The number of anilines is 2. The fourth-order valence-corrected chi connectivity index (χ4v) is 6.96. The molecule has 5 rings (SSSR count). The van der Waals surface area contributed by atoms with Crippen LogP contribution in [0.2, 0.25) is 0 Å². The molecule has 36 heavy (non-hydrogen) atoms. The Morgan fingerprint density at radius 3 is 2.47 bits per heavy atom. The lowest BCUT2D eigenvalue weighted by Gasteiger charge is -2.47. The first-order valence-electron chi connectivity index (χ1n) is 11.5. The lowest BCUT2D eigenvalue weighted by atomic mass is 9.63. The lowest BCUT2D eigenvalue weighted by Crippen LogP contribution is -2.48. The number of sulfone groups is 1. The number of halogens is 3. The van der Waals surface area contributed by atoms with Crippen molar-refractivity contribution in [3.8, 4) is 11.3 Å². The Morgan fingerprint density at radius 1 is 1.17 bits per heavy atom. The number of nitrogens with one attached hydrogen (secondary N) is 1. The van der Waals surface area contributed by atoms with Gasteiger partial charge in [0.15, 0.2) is 9.84 Å². The van der Waals surface area contributed by atoms with Gasteiger partial charge in [-0.15, -0.1) is 0 Å². The van der Waals surface area contributed by atoms with Gasteiger partial charge in [0.25, 0.3) is 0 Å². The molecular weight excluding hydrogens is 493 g/mol. The molecule has 1 aromatic carbocycles. The van der Waals surface area contributed by atoms with E-state index in [0.29, 0.717) is 18.5 Å². The molecule has 1 saturated carbocycles. The van der Waals surface area contributed by atoms with E-state index in [4.69, 9.17) is 0 Å². The number of hydrogen-bond donors (Lipinski definition) is 1. The summed E-state index contributed by atoms with van der Waals surface area (Å²) in [6.07, 6.45) is 4.22. The molecule has 12 heteroatoms. The standard InChI is InChI=1S/C24H26F3N6O2S/c1-32-9-7-23(8-10-32)11-19(12-23)36(34,35)18-5-3-17(4-6-18)30-22-28-14-20(24(25,26)27)21(31-22)16-13-29-33(2)15-16/h3-6,9,13-15,19H,7-8,10-12H2,1-2H3,(H,28,30,31)/q+1. The minimum absolute atomic E-state index is 0.0445. The summed E-state index contributed by atoms with van der Waals surface area (Å²) in [5, 5.41) is 6.40. The van der Waals surface area contributed by atoms with E-state index in [9.17, 15) is 21.6 Å². The smallest absolute Gasteiger partial charge is 0.324 e. The number of alkyl halides is 3. The summed E-state index contributed by atoms with van der Waals surface area (Å²) < 4.78 is 70.3. The van der Waals surface area contributed by atoms with Crippen LogP contribution in [0.15, 0.2) is 47.8 Å². The predicted octanol–water partition coefficient (Wildman–Crippen LogP) is 4.07. The molecule has 190 valence electrons. The average Bonchev–Trinajstić information content (AvgIpc) is 3.24. The largest absolute Gasteiger partial charge is 0.419 e. The average molecular weight is 520 g/mol. The molecule has 0 radical (unpaired) electrons. The SMILES string of the molecule is Cn1cc(-c2nc(Nc3ccc(S(=O)(=O)C4CC5(CC=[N+](C)CC5)C4)cc3)ncc2C(F)(F)F)cn1. The first kappa shape index (κ1) is 24.4. The van der Waals surface area contributed by atoms with Crippen molar-refractivity contribution in [2.24, 2.45) is 12.5 Å². The molecule has 1 aliphatic heterocycles. The van der Waals surface area contributed by atoms with Gasteiger partial charge in [-0.3, -0.25) is 4.68 Å². The molecule has 3 heterocycles. The topological polar surface area (TPSA) is 92.8 Å². The molecule has 2 aliphatic rings. The fourth-order valence-electron chi connectivity index (χ4n) is 4.92. The number of aromatic nitrogens is 4. The molecule has 0 amide bonds. The van der Waals surface area contributed by atoms with Crippen molar-refractivity contribution in [2.75, 3.05) is 18.9 Å². The Morgan fingerprint density at radius 2 is 1.89 bits per heavy atom. The van der Waals surface area contributed by atoms with Crippen LogP contribution < -0.4 is 5.32 Å². The van der Waals surface area contributed by atoms with Gasteiger partial charge in [0.05, 0.1) is 22.0 Å². The minimum atomic E-state index is -4.63. The van der Waals surface area contributed by atoms with Crippen LogP contribution in [0.4, 0.5) is 24.8 Å². The van der Waals surface area contributed by atoms with Crippen LogP contribution in [-0.2, 0) is 23.1 Å². The minimum Gasteiger partial charge on any atom is -0.324 e. The number of rotatable bonds is 5. The summed E-state index contributed by atoms with van der Waals surface area (Å²) in [5.41, 5.74) is -0.504. The molecule has 0 saturated heterocycles. The molecule has 3 aromatic rings. The van der Waals surface area contributed by atoms with Crippen LogP contribution in [0.3, 0.4) is 0 Å². The quantitative estimate of drug-likeness (QED) is 0.511. The summed E-state index contributed by atoms with van der Waals surface area (Å²) in [5.74, 6) is -0.0445. The molecule has 1 fully saturated rings. The Balaban J connectivity index is 1.32. The van der Waals surface area contributed by atoms with Crippen molar-refractivity contribution >= 4 is 27.7 Å². The normalized spacial score (nSPS) is 22.2. The molecule has 0 atom stereocenters. The van der Waals surface area contributed by atoms with Crippen molar-refractivity contribution in [1.29, 1.82) is 0 Å². The molecule has 1 spiro atoms. The molecule has 0 unspecified atom stereocenters. The highest BCUT2D eigenvalue weighted by Gasteiger charge is 2.51. The van der Waals surface area contributed by atoms with Crippen LogP contribution in [0.25, 0.3) is 11.3 Å². The zero-order valence-electron chi connectivity index (χ0n) is 19.8. The van der Waals surface area contributed by atoms with Crippen LogP contribution in [0.1, 0.15) is 31.2 Å². The van der Waals surface area contributed by atoms with E-state index < -0.39 is 26.8 Å². The van der Waals surface area contributed by atoms with Gasteiger partial charge in [-0.05, 0) is 42.5 Å². The van der Waals surface area contributed by atoms with Crippen molar-refractivity contribution in [3.63, 3.8) is 0 Å². The monoisotopic (exact) mass is 519 g/mol. The summed E-state index contributed by atoms with van der Waals surface area (Å²) >= 11 is 0. The van der Waals surface area contributed by atoms with Gasteiger partial charge in [0, 0.05) is 43.5 Å². The van der Waals surface area contributed by atoms with E-state index in [1.54, 1.807) is 19.2 Å². The molecule has 0 bridgehead atoms. The Bertz CT molecular complexity index is 1420. The maximum Gasteiger partial charge on any atom is 0.419 e. The van der Waals surface area contributed by atoms with E-state index in [-0.39, 0.29) is 27.5 Å². The highest BCUT2D eigenvalue weighted by molar-refractivity contribution is 7.92. The van der Waals surface area contributed by atoms with Crippen molar-refractivity contribution in [2.45, 2.75) is 42.0 Å². The Hall–Kier alpha value is -3.28. The second-order valence-corrected chi connectivity index (χ2v) is 11.9. The first-order valence-corrected chi connectivity index (χ1v) is 13.1. The highest BCUT2D eigenvalue weighted by Crippen LogP contribution is 2.51. The second kappa shape index (κ2) is 8.68. The fraction of sp³-hybridized carbons (Fsp3) is 0.417. The van der Waals surface area contributed by atoms with Gasteiger partial charge in [-0.1, -0.05) is 0 Å². The van der Waals surface area contributed by atoms with Gasteiger partial charge in [-0.25, -0.2) is 23.0 Å². The second-order valence-electron chi connectivity index (χ2n) is 9.70. The Labute approximate surface area is 206 Å². The van der Waals surface area contributed by atoms with Gasteiger partial charge < -0.3 is 5.32 Å². The van der Waals surface area contributed by atoms with E-state index in [2.05, 4.69) is 31.2 Å². The third-order valence-corrected chi connectivity index (χ3v) is 9.24. The highest BCUT2D eigenvalue weighted by atomic mass is 32.2. The van der Waals surface area contributed by atoms with Gasteiger partial charge >= 0.3 is 6.18 Å². The number of benzene rings is 1. The lowest BCUT2D eigenvalue weighted by molar-refractivity contribution is -0.503. The van der Waals surface area contributed by atoms with Gasteiger partial charge in [0.1, 0.15) is 25.4 Å². The van der Waals surface area contributed by atoms with Crippen molar-refractivity contribution in [1.82, 2.24) is 19.7 Å². The molecule has 1 N–H and O–H groups in total. The maximum atomic E-state index is 13.5. The summed E-state index contributed by atoms with van der Waals surface area (Å²) in [4.78, 5) is 8.12. The molecule has 2 aromatic heterocycles. The predicted molar refractivity (Wildman–Crippen MR) is 128 cm³/mol. The Kier molecular flexibility index (Phi) is 5.89. The summed E-state index contributed by atoms with van der Waals surface area (Å²) in [6.45, 7) is 0.946. The van der Waals surface area contributed by atoms with Crippen LogP contribution in [-0.4, -0.2) is 57.8 Å².